The summed E-state index contributed by atoms with van der Waals surface area (Å²) in [4.78, 5) is 4.34. The van der Waals surface area contributed by atoms with Crippen LogP contribution in [0.1, 0.15) is 5.56 Å². The molecule has 0 unspecified atom stereocenters. The van der Waals surface area contributed by atoms with Crippen LogP contribution in [-0.2, 0) is 5.75 Å². The molecule has 0 amide bonds. The molecule has 5 heteroatoms. The monoisotopic (exact) mass is 306 g/mol. The van der Waals surface area contributed by atoms with Gasteiger partial charge in [-0.15, -0.1) is 0 Å². The number of halogens is 1. The Morgan fingerprint density at radius 2 is 1.80 bits per heavy atom. The lowest BCUT2D eigenvalue weighted by atomic mass is 10.2. The molecule has 0 aliphatic rings. The summed E-state index contributed by atoms with van der Waals surface area (Å²) in [6.45, 7) is 0. The predicted molar refractivity (Wildman–Crippen MR) is 87.0 cm³/mol. The zero-order valence-electron chi connectivity index (χ0n) is 11.0. The van der Waals surface area contributed by atoms with E-state index in [2.05, 4.69) is 4.99 Å². The number of rotatable bonds is 4. The van der Waals surface area contributed by atoms with Crippen LogP contribution in [0.15, 0.2) is 53.5 Å². The van der Waals surface area contributed by atoms with E-state index in [1.165, 1.54) is 11.8 Å². The second-order valence-corrected chi connectivity index (χ2v) is 5.50. The molecule has 0 fully saturated rings. The van der Waals surface area contributed by atoms with E-state index in [-0.39, 0.29) is 0 Å². The molecule has 0 heterocycles. The number of ether oxygens (including phenoxy) is 1. The largest absolute Gasteiger partial charge is 0.497 e. The number of hydrogen-bond acceptors (Lipinski definition) is 3. The van der Waals surface area contributed by atoms with Crippen LogP contribution < -0.4 is 10.5 Å². The van der Waals surface area contributed by atoms with Crippen LogP contribution in [0.5, 0.6) is 5.75 Å². The van der Waals surface area contributed by atoms with Crippen molar-refractivity contribution in [1.29, 1.82) is 0 Å². The third-order valence-corrected chi connectivity index (χ3v) is 3.73. The average molecular weight is 307 g/mol. The van der Waals surface area contributed by atoms with Gasteiger partial charge in [0.15, 0.2) is 5.17 Å². The zero-order valence-corrected chi connectivity index (χ0v) is 12.6. The van der Waals surface area contributed by atoms with Gasteiger partial charge in [0.25, 0.3) is 0 Å². The van der Waals surface area contributed by atoms with Gasteiger partial charge in [-0.1, -0.05) is 35.5 Å². The fraction of sp³-hybridized carbons (Fsp3) is 0.133. The number of thioether (sulfide) groups is 1. The first-order chi connectivity index (χ1) is 9.67. The van der Waals surface area contributed by atoms with Gasteiger partial charge in [-0.2, -0.15) is 0 Å². The quantitative estimate of drug-likeness (QED) is 0.679. The molecular weight excluding hydrogens is 292 g/mol. The molecule has 104 valence electrons. The van der Waals surface area contributed by atoms with Gasteiger partial charge in [0.05, 0.1) is 12.8 Å². The minimum absolute atomic E-state index is 0.533. The Hall–Kier alpha value is -1.65. The van der Waals surface area contributed by atoms with Crippen LogP contribution in [-0.4, -0.2) is 12.3 Å². The molecule has 0 saturated carbocycles. The Kier molecular flexibility index (Phi) is 5.32. The van der Waals surface area contributed by atoms with Gasteiger partial charge < -0.3 is 10.5 Å². The van der Waals surface area contributed by atoms with E-state index in [0.717, 1.165) is 27.8 Å². The maximum absolute atomic E-state index is 5.91. The molecule has 0 bridgehead atoms. The van der Waals surface area contributed by atoms with E-state index in [9.17, 15) is 0 Å². The van der Waals surface area contributed by atoms with Gasteiger partial charge in [-0.25, -0.2) is 4.99 Å². The predicted octanol–water partition coefficient (Wildman–Crippen LogP) is 4.23. The molecule has 2 aromatic carbocycles. The van der Waals surface area contributed by atoms with Crippen molar-refractivity contribution in [2.75, 3.05) is 7.11 Å². The number of nitrogens with zero attached hydrogens (tertiary/aromatic N) is 1. The SMILES string of the molecule is COc1ccc(N=C(N)SCc2ccc(Cl)cc2)cc1. The smallest absolute Gasteiger partial charge is 0.159 e. The van der Waals surface area contributed by atoms with Gasteiger partial charge in [-0.3, -0.25) is 0 Å². The topological polar surface area (TPSA) is 47.6 Å². The molecular formula is C15H15ClN2OS. The summed E-state index contributed by atoms with van der Waals surface area (Å²) in [6.07, 6.45) is 0. The minimum Gasteiger partial charge on any atom is -0.497 e. The van der Waals surface area contributed by atoms with Gasteiger partial charge in [-0.05, 0) is 42.0 Å². The molecule has 2 N–H and O–H groups in total. The van der Waals surface area contributed by atoms with Gasteiger partial charge >= 0.3 is 0 Å². The third-order valence-electron chi connectivity index (χ3n) is 2.61. The average Bonchev–Trinajstić information content (AvgIpc) is 2.47. The van der Waals surface area contributed by atoms with Gasteiger partial charge in [0.1, 0.15) is 5.75 Å². The lowest BCUT2D eigenvalue weighted by molar-refractivity contribution is 0.415. The lowest BCUT2D eigenvalue weighted by Gasteiger charge is -2.03. The lowest BCUT2D eigenvalue weighted by Crippen LogP contribution is -2.06. The Labute approximate surface area is 127 Å². The van der Waals surface area contributed by atoms with E-state index in [1.807, 2.05) is 48.5 Å². The summed E-state index contributed by atoms with van der Waals surface area (Å²) in [7, 11) is 1.63. The second kappa shape index (κ2) is 7.22. The Morgan fingerprint density at radius 1 is 1.15 bits per heavy atom. The highest BCUT2D eigenvalue weighted by Crippen LogP contribution is 2.20. The molecule has 0 radical (unpaired) electrons. The van der Waals surface area contributed by atoms with Crippen molar-refractivity contribution >= 4 is 34.2 Å². The fourth-order valence-electron chi connectivity index (χ4n) is 1.55. The number of aliphatic imine (C=N–C) groups is 1. The third kappa shape index (κ3) is 4.47. The van der Waals surface area contributed by atoms with Crippen molar-refractivity contribution in [3.63, 3.8) is 0 Å². The highest BCUT2D eigenvalue weighted by molar-refractivity contribution is 8.13. The Morgan fingerprint density at radius 3 is 2.40 bits per heavy atom. The van der Waals surface area contributed by atoms with Crippen LogP contribution in [0.2, 0.25) is 5.02 Å². The Balaban J connectivity index is 1.94. The first-order valence-electron chi connectivity index (χ1n) is 6.03. The van der Waals surface area contributed by atoms with Crippen molar-refractivity contribution in [2.45, 2.75) is 5.75 Å². The van der Waals surface area contributed by atoms with Crippen LogP contribution in [0.3, 0.4) is 0 Å². The van der Waals surface area contributed by atoms with Crippen LogP contribution >= 0.6 is 23.4 Å². The minimum atomic E-state index is 0.533. The van der Waals surface area contributed by atoms with E-state index >= 15 is 0 Å². The van der Waals surface area contributed by atoms with Gasteiger partial charge in [0.2, 0.25) is 0 Å². The molecule has 0 aliphatic heterocycles. The van der Waals surface area contributed by atoms with Crippen LogP contribution in [0, 0.1) is 0 Å². The summed E-state index contributed by atoms with van der Waals surface area (Å²) >= 11 is 7.33. The zero-order chi connectivity index (χ0) is 14.4. The van der Waals surface area contributed by atoms with Crippen molar-refractivity contribution in [3.8, 4) is 5.75 Å². The number of hydrogen-bond donors (Lipinski definition) is 1. The maximum Gasteiger partial charge on any atom is 0.159 e. The molecule has 20 heavy (non-hydrogen) atoms. The molecule has 3 nitrogen and oxygen atoms in total. The summed E-state index contributed by atoms with van der Waals surface area (Å²) in [5.41, 5.74) is 7.88. The Bertz CT molecular complexity index is 582. The summed E-state index contributed by atoms with van der Waals surface area (Å²) < 4.78 is 5.09. The molecule has 2 rings (SSSR count). The molecule has 0 aliphatic carbocycles. The molecule has 0 aromatic heterocycles. The first-order valence-corrected chi connectivity index (χ1v) is 7.39. The number of methoxy groups -OCH3 is 1. The van der Waals surface area contributed by atoms with Crippen LogP contribution in [0.4, 0.5) is 5.69 Å². The summed E-state index contributed by atoms with van der Waals surface area (Å²) in [5, 5.41) is 1.27. The highest BCUT2D eigenvalue weighted by atomic mass is 35.5. The van der Waals surface area contributed by atoms with E-state index < -0.39 is 0 Å². The first kappa shape index (κ1) is 14.8. The highest BCUT2D eigenvalue weighted by Gasteiger charge is 1.99. The second-order valence-electron chi connectivity index (χ2n) is 4.06. The normalized spacial score (nSPS) is 11.4. The number of nitrogens with two attached hydrogens (primary N) is 1. The summed E-state index contributed by atoms with van der Waals surface area (Å²) in [5.74, 6) is 1.57. The van der Waals surface area contributed by atoms with Crippen molar-refractivity contribution in [1.82, 2.24) is 0 Å². The summed E-state index contributed by atoms with van der Waals surface area (Å²) in [6, 6.07) is 15.2. The number of amidine groups is 1. The van der Waals surface area contributed by atoms with Crippen molar-refractivity contribution < 1.29 is 4.74 Å². The van der Waals surface area contributed by atoms with Crippen molar-refractivity contribution in [2.24, 2.45) is 10.7 Å². The van der Waals surface area contributed by atoms with E-state index in [0.29, 0.717) is 5.17 Å². The van der Waals surface area contributed by atoms with Crippen LogP contribution in [0.25, 0.3) is 0 Å². The van der Waals surface area contributed by atoms with E-state index in [1.54, 1.807) is 7.11 Å². The fourth-order valence-corrected chi connectivity index (χ4v) is 2.36. The standard InChI is InChI=1S/C15H15ClN2OS/c1-19-14-8-6-13(7-9-14)18-15(17)20-10-11-2-4-12(16)5-3-11/h2-9H,10H2,1H3,(H2,17,18). The molecule has 2 aromatic rings. The molecule has 0 spiro atoms. The molecule has 0 atom stereocenters. The molecule has 0 saturated heterocycles. The van der Waals surface area contributed by atoms with Crippen molar-refractivity contribution in [3.05, 3.63) is 59.1 Å². The maximum atomic E-state index is 5.91. The van der Waals surface area contributed by atoms with E-state index in [4.69, 9.17) is 22.1 Å². The number of benzene rings is 2. The van der Waals surface area contributed by atoms with Gasteiger partial charge in [0, 0.05) is 10.8 Å².